The molecule has 0 aliphatic carbocycles. The van der Waals surface area contributed by atoms with Gasteiger partial charge in [-0.3, -0.25) is 9.89 Å². The van der Waals surface area contributed by atoms with Gasteiger partial charge in [0.15, 0.2) is 0 Å². The fourth-order valence-electron chi connectivity index (χ4n) is 1.62. The van der Waals surface area contributed by atoms with Gasteiger partial charge in [0, 0.05) is 5.39 Å². The molecule has 0 spiro atoms. The van der Waals surface area contributed by atoms with Gasteiger partial charge in [-0.15, -0.1) is 0 Å². The van der Waals surface area contributed by atoms with Crippen LogP contribution in [0.25, 0.3) is 10.9 Å². The monoisotopic (exact) mass is 204 g/mol. The van der Waals surface area contributed by atoms with Crippen LogP contribution in [0.5, 0.6) is 0 Å². The first-order valence-electron chi connectivity index (χ1n) is 4.82. The highest BCUT2D eigenvalue weighted by atomic mass is 16.4. The van der Waals surface area contributed by atoms with Crippen molar-refractivity contribution in [2.75, 3.05) is 0 Å². The van der Waals surface area contributed by atoms with E-state index in [4.69, 9.17) is 5.11 Å². The van der Waals surface area contributed by atoms with Crippen LogP contribution in [0.1, 0.15) is 12.5 Å². The molecule has 0 aliphatic rings. The van der Waals surface area contributed by atoms with E-state index >= 15 is 0 Å². The van der Waals surface area contributed by atoms with E-state index in [2.05, 4.69) is 10.2 Å². The Hall–Kier alpha value is -1.84. The molecule has 1 unspecified atom stereocenters. The molecule has 0 saturated heterocycles. The van der Waals surface area contributed by atoms with Gasteiger partial charge in [0.2, 0.25) is 0 Å². The molecular formula is C11H12N2O2. The topological polar surface area (TPSA) is 66.0 Å². The summed E-state index contributed by atoms with van der Waals surface area (Å²) >= 11 is 0. The van der Waals surface area contributed by atoms with Crippen LogP contribution < -0.4 is 0 Å². The molecule has 1 heterocycles. The summed E-state index contributed by atoms with van der Waals surface area (Å²) in [5, 5.41) is 16.7. The van der Waals surface area contributed by atoms with Gasteiger partial charge in [-0.05, 0) is 12.0 Å². The van der Waals surface area contributed by atoms with Gasteiger partial charge in [-0.25, -0.2) is 0 Å². The predicted octanol–water partition coefficient (Wildman–Crippen LogP) is 1.83. The number of para-hydroxylation sites is 1. The van der Waals surface area contributed by atoms with Crippen LogP contribution >= 0.6 is 0 Å². The van der Waals surface area contributed by atoms with Crippen molar-refractivity contribution in [1.29, 1.82) is 0 Å². The molecule has 0 radical (unpaired) electrons. The normalized spacial score (nSPS) is 12.9. The van der Waals surface area contributed by atoms with E-state index in [1.165, 1.54) is 0 Å². The number of aromatic amines is 1. The summed E-state index contributed by atoms with van der Waals surface area (Å²) in [6.45, 7) is 1.71. The molecule has 1 aromatic heterocycles. The highest BCUT2D eigenvalue weighted by Gasteiger charge is 2.13. The van der Waals surface area contributed by atoms with Gasteiger partial charge in [-0.2, -0.15) is 5.10 Å². The first-order valence-corrected chi connectivity index (χ1v) is 4.82. The third-order valence-corrected chi connectivity index (χ3v) is 2.51. The number of fused-ring (bicyclic) bond motifs is 1. The molecule has 0 aliphatic heterocycles. The van der Waals surface area contributed by atoms with Crippen LogP contribution in [-0.2, 0) is 11.2 Å². The molecular weight excluding hydrogens is 192 g/mol. The Labute approximate surface area is 86.9 Å². The van der Waals surface area contributed by atoms with Crippen molar-refractivity contribution < 1.29 is 9.90 Å². The average Bonchev–Trinajstić information content (AvgIpc) is 2.66. The molecule has 2 rings (SSSR count). The summed E-state index contributed by atoms with van der Waals surface area (Å²) in [6.07, 6.45) is 2.26. The Bertz CT molecular complexity index is 490. The molecule has 1 aromatic carbocycles. The van der Waals surface area contributed by atoms with E-state index in [0.717, 1.165) is 16.5 Å². The number of H-pyrrole nitrogens is 1. The lowest BCUT2D eigenvalue weighted by atomic mass is 10.00. The van der Waals surface area contributed by atoms with Gasteiger partial charge < -0.3 is 5.11 Å². The van der Waals surface area contributed by atoms with E-state index in [1.54, 1.807) is 13.1 Å². The number of benzene rings is 1. The van der Waals surface area contributed by atoms with Crippen molar-refractivity contribution >= 4 is 16.9 Å². The van der Waals surface area contributed by atoms with Crippen LogP contribution in [0.2, 0.25) is 0 Å². The largest absolute Gasteiger partial charge is 0.481 e. The minimum Gasteiger partial charge on any atom is -0.481 e. The van der Waals surface area contributed by atoms with Crippen molar-refractivity contribution in [2.24, 2.45) is 5.92 Å². The molecule has 0 bridgehead atoms. The van der Waals surface area contributed by atoms with Gasteiger partial charge >= 0.3 is 5.97 Å². The SMILES string of the molecule is CC(Cc1cccc2cn[nH]c12)C(=O)O. The van der Waals surface area contributed by atoms with Crippen LogP contribution in [0, 0.1) is 5.92 Å². The number of hydrogen-bond donors (Lipinski definition) is 2. The molecule has 4 nitrogen and oxygen atoms in total. The maximum absolute atomic E-state index is 10.8. The lowest BCUT2D eigenvalue weighted by Gasteiger charge is -2.06. The quantitative estimate of drug-likeness (QED) is 0.801. The lowest BCUT2D eigenvalue weighted by Crippen LogP contribution is -2.12. The maximum Gasteiger partial charge on any atom is 0.306 e. The average molecular weight is 204 g/mol. The first-order chi connectivity index (χ1) is 7.18. The van der Waals surface area contributed by atoms with Crippen LogP contribution in [0.3, 0.4) is 0 Å². The van der Waals surface area contributed by atoms with Crippen LogP contribution in [-0.4, -0.2) is 21.3 Å². The second-order valence-electron chi connectivity index (χ2n) is 3.69. The van der Waals surface area contributed by atoms with Crippen LogP contribution in [0.15, 0.2) is 24.4 Å². The fraction of sp³-hybridized carbons (Fsp3) is 0.273. The first kappa shape index (κ1) is 9.71. The van der Waals surface area contributed by atoms with Gasteiger partial charge in [0.05, 0.1) is 17.6 Å². The fourth-order valence-corrected chi connectivity index (χ4v) is 1.62. The number of carbonyl (C=O) groups is 1. The highest BCUT2D eigenvalue weighted by molar-refractivity contribution is 5.82. The van der Waals surface area contributed by atoms with Crippen molar-refractivity contribution in [2.45, 2.75) is 13.3 Å². The number of carboxylic acids is 1. The molecule has 78 valence electrons. The molecule has 15 heavy (non-hydrogen) atoms. The summed E-state index contributed by atoms with van der Waals surface area (Å²) in [7, 11) is 0. The number of aromatic nitrogens is 2. The lowest BCUT2D eigenvalue weighted by molar-refractivity contribution is -0.141. The number of nitrogens with one attached hydrogen (secondary N) is 1. The van der Waals surface area contributed by atoms with Crippen molar-refractivity contribution in [3.63, 3.8) is 0 Å². The van der Waals surface area contributed by atoms with Gasteiger partial charge in [0.25, 0.3) is 0 Å². The number of rotatable bonds is 3. The van der Waals surface area contributed by atoms with E-state index < -0.39 is 5.97 Å². The molecule has 1 atom stereocenters. The van der Waals surface area contributed by atoms with E-state index in [-0.39, 0.29) is 5.92 Å². The smallest absolute Gasteiger partial charge is 0.306 e. The van der Waals surface area contributed by atoms with E-state index in [1.807, 2.05) is 18.2 Å². The standard InChI is InChI=1S/C11H12N2O2/c1-7(11(14)15)5-8-3-2-4-9-6-12-13-10(8)9/h2-4,6-7H,5H2,1H3,(H,12,13)(H,14,15). The molecule has 0 saturated carbocycles. The Morgan fingerprint density at radius 1 is 1.60 bits per heavy atom. The predicted molar refractivity (Wildman–Crippen MR) is 56.6 cm³/mol. The summed E-state index contributed by atoms with van der Waals surface area (Å²) in [4.78, 5) is 10.8. The molecule has 0 fully saturated rings. The van der Waals surface area contributed by atoms with Crippen molar-refractivity contribution in [3.8, 4) is 0 Å². The minimum absolute atomic E-state index is 0.376. The van der Waals surface area contributed by atoms with Gasteiger partial charge in [-0.1, -0.05) is 25.1 Å². The molecule has 2 aromatic rings. The minimum atomic E-state index is -0.772. The zero-order valence-corrected chi connectivity index (χ0v) is 8.40. The van der Waals surface area contributed by atoms with Crippen LogP contribution in [0.4, 0.5) is 0 Å². The number of carboxylic acid groups (broad SMARTS) is 1. The van der Waals surface area contributed by atoms with E-state index in [0.29, 0.717) is 6.42 Å². The Balaban J connectivity index is 2.35. The maximum atomic E-state index is 10.8. The Kier molecular flexibility index (Phi) is 2.41. The van der Waals surface area contributed by atoms with Crippen molar-refractivity contribution in [1.82, 2.24) is 10.2 Å². The summed E-state index contributed by atoms with van der Waals surface area (Å²) < 4.78 is 0. The van der Waals surface area contributed by atoms with Gasteiger partial charge in [0.1, 0.15) is 0 Å². The Morgan fingerprint density at radius 3 is 3.13 bits per heavy atom. The zero-order chi connectivity index (χ0) is 10.8. The number of hydrogen-bond acceptors (Lipinski definition) is 2. The summed E-state index contributed by atoms with van der Waals surface area (Å²) in [6, 6.07) is 5.80. The third-order valence-electron chi connectivity index (χ3n) is 2.51. The molecule has 4 heteroatoms. The second-order valence-corrected chi connectivity index (χ2v) is 3.69. The zero-order valence-electron chi connectivity index (χ0n) is 8.40. The second kappa shape index (κ2) is 3.73. The highest BCUT2D eigenvalue weighted by Crippen LogP contribution is 2.18. The Morgan fingerprint density at radius 2 is 2.40 bits per heavy atom. The third kappa shape index (κ3) is 1.83. The summed E-state index contributed by atoms with van der Waals surface area (Å²) in [5.74, 6) is -1.15. The van der Waals surface area contributed by atoms with Crippen molar-refractivity contribution in [3.05, 3.63) is 30.0 Å². The molecule has 2 N–H and O–H groups in total. The molecule has 0 amide bonds. The number of aliphatic carboxylic acids is 1. The van der Waals surface area contributed by atoms with E-state index in [9.17, 15) is 4.79 Å². The summed E-state index contributed by atoms with van der Waals surface area (Å²) in [5.41, 5.74) is 1.94. The number of nitrogens with zero attached hydrogens (tertiary/aromatic N) is 1.